The summed E-state index contributed by atoms with van der Waals surface area (Å²) in [5, 5.41) is 7.60. The first kappa shape index (κ1) is 24.8. The molecule has 10 heteroatoms. The molecular formula is C31H28N8O2. The molecule has 3 N–H and O–H groups in total. The van der Waals surface area contributed by atoms with E-state index >= 15 is 0 Å². The van der Waals surface area contributed by atoms with Gasteiger partial charge in [0.05, 0.1) is 36.1 Å². The Morgan fingerprint density at radius 2 is 1.83 bits per heavy atom. The maximum absolute atomic E-state index is 14.4. The summed E-state index contributed by atoms with van der Waals surface area (Å²) in [5.41, 5.74) is 4.37. The molecule has 3 aromatic heterocycles. The molecule has 3 heterocycles. The SMILES string of the molecule is COc1ccc(CNc2cccc3nc([C@@H](Nc4ncnc5nc[nH]c45)C4CC4)n(-c4ccccc4)c(=O)c23)cc1. The van der Waals surface area contributed by atoms with Gasteiger partial charge >= 0.3 is 0 Å². The van der Waals surface area contributed by atoms with Gasteiger partial charge < -0.3 is 20.4 Å². The molecule has 1 aliphatic rings. The van der Waals surface area contributed by atoms with Crippen molar-refractivity contribution in [1.82, 2.24) is 29.5 Å². The van der Waals surface area contributed by atoms with E-state index in [0.29, 0.717) is 40.7 Å². The van der Waals surface area contributed by atoms with Crippen LogP contribution in [0.3, 0.4) is 0 Å². The van der Waals surface area contributed by atoms with Gasteiger partial charge in [-0.1, -0.05) is 36.4 Å². The highest BCUT2D eigenvalue weighted by molar-refractivity contribution is 5.91. The quantitative estimate of drug-likeness (QED) is 0.226. The molecule has 0 unspecified atom stereocenters. The summed E-state index contributed by atoms with van der Waals surface area (Å²) in [7, 11) is 1.65. The van der Waals surface area contributed by atoms with E-state index in [-0.39, 0.29) is 11.6 Å². The number of benzene rings is 3. The average Bonchev–Trinajstić information content (AvgIpc) is 3.74. The van der Waals surface area contributed by atoms with Crippen molar-refractivity contribution < 1.29 is 4.74 Å². The lowest BCUT2D eigenvalue weighted by Gasteiger charge is -2.23. The molecule has 6 aromatic rings. The van der Waals surface area contributed by atoms with Gasteiger partial charge in [0.1, 0.15) is 23.4 Å². The maximum atomic E-state index is 14.4. The second-order valence-corrected chi connectivity index (χ2v) is 10.1. The van der Waals surface area contributed by atoms with Gasteiger partial charge in [-0.05, 0) is 60.7 Å². The minimum Gasteiger partial charge on any atom is -0.497 e. The zero-order valence-corrected chi connectivity index (χ0v) is 22.4. The third-order valence-corrected chi connectivity index (χ3v) is 7.47. The van der Waals surface area contributed by atoms with Crippen LogP contribution in [0.5, 0.6) is 5.75 Å². The largest absolute Gasteiger partial charge is 0.497 e. The number of para-hydroxylation sites is 1. The van der Waals surface area contributed by atoms with Crippen molar-refractivity contribution >= 4 is 33.6 Å². The van der Waals surface area contributed by atoms with Crippen LogP contribution in [-0.2, 0) is 6.54 Å². The van der Waals surface area contributed by atoms with Crippen molar-refractivity contribution in [3.8, 4) is 11.4 Å². The Morgan fingerprint density at radius 3 is 2.61 bits per heavy atom. The molecular weight excluding hydrogens is 516 g/mol. The fourth-order valence-corrected chi connectivity index (χ4v) is 5.22. The Hall–Kier alpha value is -5.25. The average molecular weight is 545 g/mol. The topological polar surface area (TPSA) is 123 Å². The Bertz CT molecular complexity index is 1900. The van der Waals surface area contributed by atoms with Crippen LogP contribution in [-0.4, -0.2) is 36.6 Å². The Balaban J connectivity index is 1.35. The monoisotopic (exact) mass is 544 g/mol. The number of hydrogen-bond acceptors (Lipinski definition) is 8. The van der Waals surface area contributed by atoms with E-state index in [1.165, 1.54) is 6.33 Å². The number of methoxy groups -OCH3 is 1. The summed E-state index contributed by atoms with van der Waals surface area (Å²) in [6, 6.07) is 23.1. The number of H-pyrrole nitrogens is 1. The lowest BCUT2D eigenvalue weighted by molar-refractivity contribution is 0.414. The molecule has 1 fully saturated rings. The van der Waals surface area contributed by atoms with Crippen LogP contribution in [0.15, 0.2) is 90.2 Å². The Kier molecular flexibility index (Phi) is 6.27. The van der Waals surface area contributed by atoms with Crippen molar-refractivity contribution in [2.24, 2.45) is 5.92 Å². The Morgan fingerprint density at radius 1 is 1.00 bits per heavy atom. The number of imidazole rings is 1. The van der Waals surface area contributed by atoms with E-state index in [1.807, 2.05) is 72.8 Å². The lowest BCUT2D eigenvalue weighted by Crippen LogP contribution is -2.29. The van der Waals surface area contributed by atoms with Crippen LogP contribution < -0.4 is 20.9 Å². The normalized spacial score (nSPS) is 13.8. The van der Waals surface area contributed by atoms with Crippen molar-refractivity contribution in [3.05, 3.63) is 107 Å². The van der Waals surface area contributed by atoms with Crippen LogP contribution in [0.25, 0.3) is 27.8 Å². The van der Waals surface area contributed by atoms with Crippen LogP contribution in [0.4, 0.5) is 11.5 Å². The number of fused-ring (bicyclic) bond motifs is 2. The number of hydrogen-bond donors (Lipinski definition) is 3. The second kappa shape index (κ2) is 10.4. The third-order valence-electron chi connectivity index (χ3n) is 7.47. The van der Waals surface area contributed by atoms with Crippen LogP contribution in [0.2, 0.25) is 0 Å². The third kappa shape index (κ3) is 4.73. The summed E-state index contributed by atoms with van der Waals surface area (Å²) >= 11 is 0. The predicted octanol–water partition coefficient (Wildman–Crippen LogP) is 5.24. The predicted molar refractivity (Wildman–Crippen MR) is 158 cm³/mol. The summed E-state index contributed by atoms with van der Waals surface area (Å²) < 4.78 is 7.02. The molecule has 0 aliphatic heterocycles. The summed E-state index contributed by atoms with van der Waals surface area (Å²) in [5.74, 6) is 2.39. The van der Waals surface area contributed by atoms with Gasteiger partial charge in [-0.2, -0.15) is 0 Å². The van der Waals surface area contributed by atoms with Gasteiger partial charge in [-0.3, -0.25) is 9.36 Å². The first-order chi connectivity index (χ1) is 20.2. The molecule has 0 saturated heterocycles. The van der Waals surface area contributed by atoms with E-state index in [4.69, 9.17) is 9.72 Å². The molecule has 7 rings (SSSR count). The number of rotatable bonds is 9. The van der Waals surface area contributed by atoms with Crippen molar-refractivity contribution in [3.63, 3.8) is 0 Å². The molecule has 10 nitrogen and oxygen atoms in total. The molecule has 204 valence electrons. The number of aromatic nitrogens is 6. The van der Waals surface area contributed by atoms with Gasteiger partial charge in [0.2, 0.25) is 0 Å². The molecule has 0 amide bonds. The number of ether oxygens (including phenoxy) is 1. The van der Waals surface area contributed by atoms with E-state index in [2.05, 4.69) is 30.6 Å². The van der Waals surface area contributed by atoms with Crippen molar-refractivity contribution in [2.45, 2.75) is 25.4 Å². The minimum absolute atomic E-state index is 0.129. The molecule has 0 radical (unpaired) electrons. The highest BCUT2D eigenvalue weighted by Crippen LogP contribution is 2.43. The number of nitrogens with zero attached hydrogens (tertiary/aromatic N) is 5. The first-order valence-electron chi connectivity index (χ1n) is 13.6. The fourth-order valence-electron chi connectivity index (χ4n) is 5.22. The van der Waals surface area contributed by atoms with Crippen LogP contribution in [0, 0.1) is 5.92 Å². The number of aromatic amines is 1. The maximum Gasteiger partial charge on any atom is 0.268 e. The first-order valence-corrected chi connectivity index (χ1v) is 13.6. The van der Waals surface area contributed by atoms with Gasteiger partial charge in [-0.15, -0.1) is 0 Å². The van der Waals surface area contributed by atoms with Crippen LogP contribution in [0.1, 0.15) is 30.3 Å². The summed E-state index contributed by atoms with van der Waals surface area (Å²) in [6.45, 7) is 0.551. The van der Waals surface area contributed by atoms with E-state index in [9.17, 15) is 4.79 Å². The van der Waals surface area contributed by atoms with Gasteiger partial charge in [0.15, 0.2) is 11.5 Å². The number of nitrogens with one attached hydrogen (secondary N) is 3. The van der Waals surface area contributed by atoms with Crippen LogP contribution >= 0.6 is 0 Å². The Labute approximate surface area is 235 Å². The van der Waals surface area contributed by atoms with E-state index in [0.717, 1.165) is 41.0 Å². The van der Waals surface area contributed by atoms with E-state index in [1.54, 1.807) is 18.0 Å². The molecule has 0 bridgehead atoms. The second-order valence-electron chi connectivity index (χ2n) is 10.1. The molecule has 1 saturated carbocycles. The highest BCUT2D eigenvalue weighted by Gasteiger charge is 2.37. The lowest BCUT2D eigenvalue weighted by atomic mass is 10.1. The van der Waals surface area contributed by atoms with Crippen molar-refractivity contribution in [2.75, 3.05) is 17.7 Å². The fraction of sp³-hybridized carbons (Fsp3) is 0.194. The molecule has 0 spiro atoms. The molecule has 1 aliphatic carbocycles. The van der Waals surface area contributed by atoms with Crippen molar-refractivity contribution in [1.29, 1.82) is 0 Å². The molecule has 3 aromatic carbocycles. The van der Waals surface area contributed by atoms with Gasteiger partial charge in [0, 0.05) is 12.2 Å². The van der Waals surface area contributed by atoms with Gasteiger partial charge in [0.25, 0.3) is 5.56 Å². The molecule has 41 heavy (non-hydrogen) atoms. The standard InChI is InChI=1S/C31H28N8O2/c1-41-22-14-10-19(11-15-22)16-32-23-8-5-9-24-25(23)31(40)39(21-6-3-2-4-7-21)30(37-24)26(20-12-13-20)38-29-27-28(34-17-33-27)35-18-36-29/h2-11,14-15,17-18,20,26,32H,12-13,16H2,1H3,(H2,33,34,35,36,38)/t26-/m0/s1. The summed E-state index contributed by atoms with van der Waals surface area (Å²) in [6.07, 6.45) is 5.15. The zero-order chi connectivity index (χ0) is 27.8. The smallest absolute Gasteiger partial charge is 0.268 e. The summed E-state index contributed by atoms with van der Waals surface area (Å²) in [4.78, 5) is 35.7. The minimum atomic E-state index is -0.246. The zero-order valence-electron chi connectivity index (χ0n) is 22.4. The number of anilines is 2. The molecule has 1 atom stereocenters. The van der Waals surface area contributed by atoms with E-state index < -0.39 is 0 Å². The highest BCUT2D eigenvalue weighted by atomic mass is 16.5. The van der Waals surface area contributed by atoms with Gasteiger partial charge in [-0.25, -0.2) is 19.9 Å².